The van der Waals surface area contributed by atoms with Crippen LogP contribution in [0.2, 0.25) is 0 Å². The van der Waals surface area contributed by atoms with Crippen molar-refractivity contribution in [2.75, 3.05) is 0 Å². The zero-order valence-corrected chi connectivity index (χ0v) is 17.2. The largest absolute Gasteiger partial charge is 0.419 e. The molecule has 0 saturated heterocycles. The average Bonchev–Trinajstić information content (AvgIpc) is 3.28. The van der Waals surface area contributed by atoms with Gasteiger partial charge in [-0.05, 0) is 43.0 Å². The van der Waals surface area contributed by atoms with Crippen LogP contribution in [-0.2, 0) is 11.3 Å². The summed E-state index contributed by atoms with van der Waals surface area (Å²) in [4.78, 5) is 32.7. The molecule has 7 nitrogen and oxygen atoms in total. The molecule has 2 aromatic carbocycles. The summed E-state index contributed by atoms with van der Waals surface area (Å²) >= 11 is 0. The van der Waals surface area contributed by atoms with E-state index in [1.807, 2.05) is 42.5 Å². The van der Waals surface area contributed by atoms with Crippen molar-refractivity contribution in [3.63, 3.8) is 0 Å². The van der Waals surface area contributed by atoms with E-state index in [1.54, 1.807) is 10.6 Å². The highest BCUT2D eigenvalue weighted by Crippen LogP contribution is 2.22. The standard InChI is InChI=1S/C23H26N4O3/c1-15(2)14-18(22-25-16-8-3-4-9-17(16)26-22)24-21(28)12-7-13-27-19-10-5-6-11-20(19)30-23(27)29/h3-6,8-11,15,18H,7,12-14H2,1-2H3,(H,24,28)(H,25,26). The van der Waals surface area contributed by atoms with Crippen molar-refractivity contribution in [1.29, 1.82) is 0 Å². The third-order valence-corrected chi connectivity index (χ3v) is 5.14. The number of para-hydroxylation sites is 4. The predicted octanol–water partition coefficient (Wildman–Crippen LogP) is 4.15. The summed E-state index contributed by atoms with van der Waals surface area (Å²) < 4.78 is 6.82. The number of benzene rings is 2. The van der Waals surface area contributed by atoms with Crippen molar-refractivity contribution in [2.24, 2.45) is 5.92 Å². The fourth-order valence-electron chi connectivity index (χ4n) is 3.74. The Hall–Kier alpha value is -3.35. The lowest BCUT2D eigenvalue weighted by Crippen LogP contribution is -2.30. The molecule has 2 heterocycles. The minimum atomic E-state index is -0.392. The third kappa shape index (κ3) is 4.30. The molecule has 1 atom stereocenters. The number of hydrogen-bond donors (Lipinski definition) is 2. The molecule has 4 aromatic rings. The number of nitrogens with one attached hydrogen (secondary N) is 2. The Morgan fingerprint density at radius 2 is 1.93 bits per heavy atom. The van der Waals surface area contributed by atoms with Gasteiger partial charge in [-0.3, -0.25) is 9.36 Å². The molecule has 2 N–H and O–H groups in total. The molecule has 156 valence electrons. The van der Waals surface area contributed by atoms with E-state index in [0.717, 1.165) is 28.8 Å². The maximum atomic E-state index is 12.6. The molecule has 0 fully saturated rings. The molecule has 0 aliphatic carbocycles. The number of carbonyl (C=O) groups excluding carboxylic acids is 1. The van der Waals surface area contributed by atoms with Crippen LogP contribution in [-0.4, -0.2) is 20.4 Å². The Morgan fingerprint density at radius 1 is 1.17 bits per heavy atom. The van der Waals surface area contributed by atoms with E-state index in [2.05, 4.69) is 29.1 Å². The van der Waals surface area contributed by atoms with Crippen molar-refractivity contribution < 1.29 is 9.21 Å². The fourth-order valence-corrected chi connectivity index (χ4v) is 3.74. The Labute approximate surface area is 174 Å². The smallest absolute Gasteiger partial charge is 0.408 e. The van der Waals surface area contributed by atoms with E-state index in [0.29, 0.717) is 30.9 Å². The number of H-pyrrole nitrogens is 1. The number of nitrogens with zero attached hydrogens (tertiary/aromatic N) is 2. The number of oxazole rings is 1. The van der Waals surface area contributed by atoms with Crippen LogP contribution in [0.5, 0.6) is 0 Å². The van der Waals surface area contributed by atoms with Gasteiger partial charge in [0.2, 0.25) is 5.91 Å². The van der Waals surface area contributed by atoms with Gasteiger partial charge < -0.3 is 14.7 Å². The highest BCUT2D eigenvalue weighted by atomic mass is 16.4. The van der Waals surface area contributed by atoms with Crippen LogP contribution in [0.15, 0.2) is 57.7 Å². The van der Waals surface area contributed by atoms with Gasteiger partial charge in [0.1, 0.15) is 5.82 Å². The second kappa shape index (κ2) is 8.57. The fraction of sp³-hybridized carbons (Fsp3) is 0.348. The quantitative estimate of drug-likeness (QED) is 0.460. The molecule has 7 heteroatoms. The first-order valence-corrected chi connectivity index (χ1v) is 10.3. The maximum Gasteiger partial charge on any atom is 0.419 e. The van der Waals surface area contributed by atoms with Gasteiger partial charge in [-0.25, -0.2) is 9.78 Å². The van der Waals surface area contributed by atoms with E-state index in [4.69, 9.17) is 4.42 Å². The van der Waals surface area contributed by atoms with Gasteiger partial charge in [0.05, 0.1) is 22.6 Å². The molecular weight excluding hydrogens is 380 g/mol. The monoisotopic (exact) mass is 406 g/mol. The molecular formula is C23H26N4O3. The van der Waals surface area contributed by atoms with E-state index in [-0.39, 0.29) is 11.9 Å². The third-order valence-electron chi connectivity index (χ3n) is 5.14. The molecule has 0 radical (unpaired) electrons. The first-order chi connectivity index (χ1) is 14.5. The zero-order chi connectivity index (χ0) is 21.1. The van der Waals surface area contributed by atoms with Crippen molar-refractivity contribution in [3.8, 4) is 0 Å². The van der Waals surface area contributed by atoms with Crippen LogP contribution in [0.1, 0.15) is 45.0 Å². The van der Waals surface area contributed by atoms with Gasteiger partial charge in [0.15, 0.2) is 5.58 Å². The molecule has 0 aliphatic rings. The molecule has 0 saturated carbocycles. The summed E-state index contributed by atoms with van der Waals surface area (Å²) in [6.07, 6.45) is 1.65. The SMILES string of the molecule is CC(C)CC(NC(=O)CCCn1c(=O)oc2ccccc21)c1nc2ccccc2[nH]1. The number of amides is 1. The highest BCUT2D eigenvalue weighted by Gasteiger charge is 2.20. The number of rotatable bonds is 8. The topological polar surface area (TPSA) is 92.9 Å². The van der Waals surface area contributed by atoms with Crippen LogP contribution in [0, 0.1) is 5.92 Å². The number of aromatic nitrogens is 3. The Bertz CT molecular complexity index is 1180. The number of imidazole rings is 1. The van der Waals surface area contributed by atoms with Gasteiger partial charge in [0.25, 0.3) is 0 Å². The highest BCUT2D eigenvalue weighted by molar-refractivity contribution is 5.77. The first-order valence-electron chi connectivity index (χ1n) is 10.3. The predicted molar refractivity (Wildman–Crippen MR) is 116 cm³/mol. The molecule has 0 bridgehead atoms. The molecule has 30 heavy (non-hydrogen) atoms. The van der Waals surface area contributed by atoms with Crippen molar-refractivity contribution in [1.82, 2.24) is 19.9 Å². The maximum absolute atomic E-state index is 12.6. The summed E-state index contributed by atoms with van der Waals surface area (Å²) in [6.45, 7) is 4.68. The van der Waals surface area contributed by atoms with Crippen molar-refractivity contribution in [2.45, 2.75) is 45.7 Å². The van der Waals surface area contributed by atoms with Crippen LogP contribution >= 0.6 is 0 Å². The van der Waals surface area contributed by atoms with Gasteiger partial charge in [0, 0.05) is 13.0 Å². The van der Waals surface area contributed by atoms with E-state index >= 15 is 0 Å². The minimum absolute atomic E-state index is 0.0537. The van der Waals surface area contributed by atoms with Crippen molar-refractivity contribution in [3.05, 3.63) is 64.9 Å². The molecule has 2 aromatic heterocycles. The number of aromatic amines is 1. The summed E-state index contributed by atoms with van der Waals surface area (Å²) in [7, 11) is 0. The molecule has 0 spiro atoms. The summed E-state index contributed by atoms with van der Waals surface area (Å²) in [6, 6.07) is 15.0. The summed E-state index contributed by atoms with van der Waals surface area (Å²) in [5.74, 6) is 0.730. The van der Waals surface area contributed by atoms with Gasteiger partial charge >= 0.3 is 5.76 Å². The lowest BCUT2D eigenvalue weighted by molar-refractivity contribution is -0.122. The second-order valence-corrected chi connectivity index (χ2v) is 7.98. The second-order valence-electron chi connectivity index (χ2n) is 7.98. The Kier molecular flexibility index (Phi) is 5.70. The number of fused-ring (bicyclic) bond motifs is 2. The van der Waals surface area contributed by atoms with E-state index in [9.17, 15) is 9.59 Å². The summed E-state index contributed by atoms with van der Waals surface area (Å²) in [5, 5.41) is 3.11. The van der Waals surface area contributed by atoms with Crippen LogP contribution in [0.4, 0.5) is 0 Å². The average molecular weight is 406 g/mol. The molecule has 1 amide bonds. The van der Waals surface area contributed by atoms with Crippen molar-refractivity contribution >= 4 is 28.0 Å². The Balaban J connectivity index is 1.41. The zero-order valence-electron chi connectivity index (χ0n) is 17.2. The number of hydrogen-bond acceptors (Lipinski definition) is 4. The number of aryl methyl sites for hydroxylation is 1. The van der Waals surface area contributed by atoms with Crippen LogP contribution in [0.3, 0.4) is 0 Å². The lowest BCUT2D eigenvalue weighted by Gasteiger charge is -2.18. The first kappa shape index (κ1) is 19.9. The number of carbonyl (C=O) groups is 1. The molecule has 1 unspecified atom stereocenters. The summed E-state index contributed by atoms with van der Waals surface area (Å²) in [5.41, 5.74) is 3.17. The van der Waals surface area contributed by atoms with E-state index in [1.165, 1.54) is 0 Å². The normalized spacial score (nSPS) is 12.6. The van der Waals surface area contributed by atoms with Gasteiger partial charge in [-0.15, -0.1) is 0 Å². The minimum Gasteiger partial charge on any atom is -0.408 e. The van der Waals surface area contributed by atoms with Crippen LogP contribution < -0.4 is 11.1 Å². The lowest BCUT2D eigenvalue weighted by atomic mass is 10.0. The molecule has 4 rings (SSSR count). The molecule has 0 aliphatic heterocycles. The van der Waals surface area contributed by atoms with Gasteiger partial charge in [-0.2, -0.15) is 0 Å². The van der Waals surface area contributed by atoms with Gasteiger partial charge in [-0.1, -0.05) is 38.1 Å². The Morgan fingerprint density at radius 3 is 2.73 bits per heavy atom. The van der Waals surface area contributed by atoms with Crippen LogP contribution in [0.25, 0.3) is 22.1 Å². The van der Waals surface area contributed by atoms with E-state index < -0.39 is 5.76 Å².